The third kappa shape index (κ3) is 12.1. The third-order valence-corrected chi connectivity index (χ3v) is 27.2. The van der Waals surface area contributed by atoms with Crippen molar-refractivity contribution in [3.05, 3.63) is 376 Å². The quantitative estimate of drug-likeness (QED) is 0.0789. The molecule has 22 rings (SSSR count). The Bertz CT molecular complexity index is 7240. The van der Waals surface area contributed by atoms with E-state index in [1.54, 1.807) is 0 Å². The predicted molar refractivity (Wildman–Crippen MR) is 493 cm³/mol. The maximum atomic E-state index is 6.92. The second-order valence-electron chi connectivity index (χ2n) is 32.4. The van der Waals surface area contributed by atoms with E-state index in [1.165, 1.54) is 32.1 Å². The molecule has 0 aliphatic carbocycles. The van der Waals surface area contributed by atoms with Gasteiger partial charge in [0, 0.05) is 107 Å². The van der Waals surface area contributed by atoms with Gasteiger partial charge >= 0.3 is 0 Å². The second kappa shape index (κ2) is 27.9. The van der Waals surface area contributed by atoms with Gasteiger partial charge in [0.15, 0.2) is 11.2 Å². The molecule has 116 heavy (non-hydrogen) atoms. The van der Waals surface area contributed by atoms with Gasteiger partial charge in [-0.15, -0.1) is 0 Å². The SMILES string of the molecule is C[Si](C)(C)c1ccc(N(c2ccccc2)c2ccc3c(c2)Oc2cccc4c2c-3cc2ccc(N(c3ccccc3)c3ccc([Si](C)(C)C)cc3)cc24)cc1.c1ccc(N(c2ccc3c(c2)Oc2cccc4c2c-3cc2ccc(N(c3ccccc3)c3cccc5c3oc3ccccc35)cc24)c2cccc3c2oc2ccccc23)cc1. The molecule has 2 aliphatic heterocycles. The van der Waals surface area contributed by atoms with Crippen LogP contribution in [0.15, 0.2) is 385 Å². The molecule has 0 atom stereocenters. The van der Waals surface area contributed by atoms with E-state index in [4.69, 9.17) is 18.3 Å². The monoisotopic (exact) mass is 1530 g/mol. The first kappa shape index (κ1) is 69.8. The van der Waals surface area contributed by atoms with Crippen molar-refractivity contribution < 1.29 is 18.3 Å². The maximum absolute atomic E-state index is 6.92. The van der Waals surface area contributed by atoms with Gasteiger partial charge in [0.2, 0.25) is 0 Å². The number of furan rings is 2. The van der Waals surface area contributed by atoms with Crippen LogP contribution in [-0.4, -0.2) is 16.1 Å². The Morgan fingerprint density at radius 1 is 0.207 bits per heavy atom. The van der Waals surface area contributed by atoms with Crippen LogP contribution in [0.4, 0.5) is 68.2 Å². The van der Waals surface area contributed by atoms with Gasteiger partial charge < -0.3 is 37.9 Å². The molecule has 0 amide bonds. The number of fused-ring (bicyclic) bond motifs is 14. The normalized spacial score (nSPS) is 12.2. The molecular formula is C106H80N4O4Si2. The van der Waals surface area contributed by atoms with E-state index in [9.17, 15) is 0 Å². The van der Waals surface area contributed by atoms with Crippen LogP contribution >= 0.6 is 0 Å². The Balaban J connectivity index is 0.000000146. The largest absolute Gasteiger partial charge is 0.456 e. The lowest BCUT2D eigenvalue weighted by atomic mass is 9.90. The van der Waals surface area contributed by atoms with Crippen molar-refractivity contribution in [2.75, 3.05) is 19.6 Å². The Morgan fingerprint density at radius 3 is 0.922 bits per heavy atom. The summed E-state index contributed by atoms with van der Waals surface area (Å²) in [5.41, 5.74) is 20.7. The number of anilines is 12. The molecule has 2 aromatic heterocycles. The van der Waals surface area contributed by atoms with Crippen molar-refractivity contribution in [2.45, 2.75) is 39.3 Å². The van der Waals surface area contributed by atoms with E-state index in [2.05, 4.69) is 405 Å². The zero-order valence-corrected chi connectivity index (χ0v) is 67.2. The fourth-order valence-corrected chi connectivity index (χ4v) is 19.8. The van der Waals surface area contributed by atoms with Gasteiger partial charge in [-0.1, -0.05) is 244 Å². The van der Waals surface area contributed by atoms with E-state index in [-0.39, 0.29) is 0 Å². The maximum Gasteiger partial charge on any atom is 0.159 e. The van der Waals surface area contributed by atoms with Crippen LogP contribution in [0.5, 0.6) is 23.0 Å². The number of hydrogen-bond donors (Lipinski definition) is 0. The molecule has 2 aliphatic rings. The molecule has 0 bridgehead atoms. The Labute approximate surface area is 675 Å². The Kier molecular flexibility index (Phi) is 16.8. The summed E-state index contributed by atoms with van der Waals surface area (Å²) in [7, 11) is -2.86. The van der Waals surface area contributed by atoms with Gasteiger partial charge in [0.1, 0.15) is 34.2 Å². The molecule has 10 heteroatoms. The summed E-state index contributed by atoms with van der Waals surface area (Å²) in [4.78, 5) is 9.26. The first-order chi connectivity index (χ1) is 56.8. The molecule has 18 aromatic carbocycles. The zero-order chi connectivity index (χ0) is 77.9. The minimum Gasteiger partial charge on any atom is -0.456 e. The Morgan fingerprint density at radius 2 is 0.517 bits per heavy atom. The van der Waals surface area contributed by atoms with E-state index in [0.717, 1.165) is 179 Å². The predicted octanol–water partition coefficient (Wildman–Crippen LogP) is 30.3. The summed E-state index contributed by atoms with van der Waals surface area (Å²) in [6.07, 6.45) is 0. The van der Waals surface area contributed by atoms with E-state index >= 15 is 0 Å². The molecule has 0 unspecified atom stereocenters. The van der Waals surface area contributed by atoms with Crippen molar-refractivity contribution in [1.29, 1.82) is 0 Å². The molecule has 0 saturated heterocycles. The van der Waals surface area contributed by atoms with Crippen LogP contribution in [0.1, 0.15) is 0 Å². The van der Waals surface area contributed by atoms with Crippen molar-refractivity contribution in [3.8, 4) is 45.3 Å². The number of para-hydroxylation sites is 8. The first-order valence-corrected chi connectivity index (χ1v) is 46.8. The summed E-state index contributed by atoms with van der Waals surface area (Å²) in [5.74, 6) is 3.39. The van der Waals surface area contributed by atoms with Crippen LogP contribution in [0, 0.1) is 0 Å². The summed E-state index contributed by atoms with van der Waals surface area (Å²) >= 11 is 0. The zero-order valence-electron chi connectivity index (χ0n) is 65.2. The lowest BCUT2D eigenvalue weighted by Gasteiger charge is -2.29. The van der Waals surface area contributed by atoms with Gasteiger partial charge in [-0.3, -0.25) is 0 Å². The average molecular weight is 1530 g/mol. The molecule has 4 heterocycles. The van der Waals surface area contributed by atoms with Crippen molar-refractivity contribution in [2.24, 2.45) is 0 Å². The number of benzene rings is 18. The molecule has 20 aromatic rings. The van der Waals surface area contributed by atoms with E-state index < -0.39 is 16.1 Å². The van der Waals surface area contributed by atoms with Gasteiger partial charge in [-0.05, 0) is 213 Å². The van der Waals surface area contributed by atoms with Crippen LogP contribution in [-0.2, 0) is 0 Å². The fourth-order valence-electron chi connectivity index (χ4n) is 17.4. The minimum atomic E-state index is -1.43. The van der Waals surface area contributed by atoms with Gasteiger partial charge in [-0.25, -0.2) is 0 Å². The molecular weight excluding hydrogens is 1450 g/mol. The molecule has 0 spiro atoms. The molecule has 0 saturated carbocycles. The third-order valence-electron chi connectivity index (χ3n) is 23.1. The summed E-state index contributed by atoms with van der Waals surface area (Å²) < 4.78 is 26.9. The van der Waals surface area contributed by atoms with Crippen LogP contribution < -0.4 is 39.4 Å². The van der Waals surface area contributed by atoms with Crippen LogP contribution in [0.3, 0.4) is 0 Å². The highest BCUT2D eigenvalue weighted by atomic mass is 28.3. The van der Waals surface area contributed by atoms with Crippen molar-refractivity contribution in [3.63, 3.8) is 0 Å². The second-order valence-corrected chi connectivity index (χ2v) is 42.5. The number of nitrogens with zero attached hydrogens (tertiary/aromatic N) is 4. The number of hydrogen-bond acceptors (Lipinski definition) is 8. The van der Waals surface area contributed by atoms with Crippen LogP contribution in [0.25, 0.3) is 109 Å². The number of ether oxygens (including phenoxy) is 2. The lowest BCUT2D eigenvalue weighted by Crippen LogP contribution is -2.37. The molecule has 8 nitrogen and oxygen atoms in total. The topological polar surface area (TPSA) is 57.7 Å². The summed E-state index contributed by atoms with van der Waals surface area (Å²) in [5, 5.41) is 16.6. The van der Waals surface area contributed by atoms with Crippen molar-refractivity contribution in [1.82, 2.24) is 0 Å². The fraction of sp³-hybridized carbons (Fsp3) is 0.0566. The lowest BCUT2D eigenvalue weighted by molar-refractivity contribution is 0.487. The van der Waals surface area contributed by atoms with Gasteiger partial charge in [0.05, 0.1) is 33.2 Å². The minimum absolute atomic E-state index is 0.806. The first-order valence-electron chi connectivity index (χ1n) is 39.8. The van der Waals surface area contributed by atoms with Crippen LogP contribution in [0.2, 0.25) is 39.3 Å². The molecule has 0 N–H and O–H groups in total. The highest BCUT2D eigenvalue weighted by molar-refractivity contribution is 6.89. The molecule has 0 fully saturated rings. The standard InChI is InChI=1S/C56H34N2O3.C50H46N2OSi2/c1-3-14-36(15-4-1)57(48-23-11-21-44-40-18-7-9-25-50(40)60-55(44)48)38-29-28-35-32-47-42-31-30-39(34-53(42)59-52-27-13-20-43(54(47)52)46(35)33-38)58(37-16-5-2-6-17-37)49-24-12-22-45-41-19-8-10-26-51(41)61-56(45)49;1-54(2,3)42-27-22-38(23-28-42)51(36-14-9-7-10-15-36)40-21-20-35-32-47-44-31-26-41(34-49(44)53-48-19-13-18-45(50(47)48)46(35)33-40)52(37-16-11-8-12-17-37)39-24-29-43(30-25-39)55(4,5)6/h1-34H;7-34H,1-6H3. The average Bonchev–Trinajstić information content (AvgIpc) is 1.02. The van der Waals surface area contributed by atoms with Gasteiger partial charge in [-0.2, -0.15) is 0 Å². The summed E-state index contributed by atoms with van der Waals surface area (Å²) in [6.45, 7) is 14.4. The van der Waals surface area contributed by atoms with Crippen molar-refractivity contribution >= 4 is 182 Å². The van der Waals surface area contributed by atoms with Gasteiger partial charge in [0.25, 0.3) is 0 Å². The highest BCUT2D eigenvalue weighted by Crippen LogP contribution is 2.55. The van der Waals surface area contributed by atoms with E-state index in [1.807, 2.05) is 30.3 Å². The molecule has 0 radical (unpaired) electrons. The molecule has 556 valence electrons. The number of rotatable bonds is 14. The Hall–Kier alpha value is -14.2. The summed E-state index contributed by atoms with van der Waals surface area (Å²) in [6, 6.07) is 134. The highest BCUT2D eigenvalue weighted by Gasteiger charge is 2.30. The smallest absolute Gasteiger partial charge is 0.159 e. The van der Waals surface area contributed by atoms with E-state index in [0.29, 0.717) is 0 Å².